The van der Waals surface area contributed by atoms with Gasteiger partial charge in [0.05, 0.1) is 25.5 Å². The number of ether oxygens (including phenoxy) is 2. The fourth-order valence-corrected chi connectivity index (χ4v) is 4.12. The molecule has 3 amide bonds. The highest BCUT2D eigenvalue weighted by Gasteiger charge is 2.36. The van der Waals surface area contributed by atoms with Gasteiger partial charge >= 0.3 is 6.03 Å². The van der Waals surface area contributed by atoms with Gasteiger partial charge in [0.2, 0.25) is 0 Å². The maximum atomic E-state index is 13.6. The summed E-state index contributed by atoms with van der Waals surface area (Å²) in [5.41, 5.74) is 1.85. The average Bonchev–Trinajstić information content (AvgIpc) is 3.26. The third-order valence-corrected chi connectivity index (χ3v) is 5.84. The maximum absolute atomic E-state index is 13.6. The summed E-state index contributed by atoms with van der Waals surface area (Å²) in [5, 5.41) is 9.61. The van der Waals surface area contributed by atoms with Crippen molar-refractivity contribution in [3.8, 4) is 5.75 Å². The molecule has 1 aliphatic heterocycles. The number of amides is 3. The van der Waals surface area contributed by atoms with Crippen LogP contribution in [0.1, 0.15) is 44.4 Å². The number of carbonyl (C=O) groups excluding carboxylic acids is 2. The predicted octanol–water partition coefficient (Wildman–Crippen LogP) is 4.48. The van der Waals surface area contributed by atoms with Crippen molar-refractivity contribution in [1.29, 1.82) is 0 Å². The summed E-state index contributed by atoms with van der Waals surface area (Å²) in [6.07, 6.45) is 0.460. The van der Waals surface area contributed by atoms with Crippen LogP contribution in [-0.2, 0) is 9.53 Å². The van der Waals surface area contributed by atoms with Crippen LogP contribution in [0.3, 0.4) is 0 Å². The van der Waals surface area contributed by atoms with Gasteiger partial charge in [-0.05, 0) is 32.9 Å². The highest BCUT2D eigenvalue weighted by atomic mass is 35.5. The number of rotatable bonds is 8. The molecule has 1 heterocycles. The molecule has 188 valence electrons. The zero-order valence-corrected chi connectivity index (χ0v) is 21.6. The quantitative estimate of drug-likeness (QED) is 0.579. The molecule has 0 radical (unpaired) electrons. The maximum Gasteiger partial charge on any atom is 0.318 e. The standard InChI is InChI=1S/C26H33ClN4O4/c1-26(2,3)28-25(33)30(14-15-34-4)17-24(32)31-22(19-11-7-9-13-23(19)35-5)16-21(29-31)18-10-6-8-12-20(18)27/h6-13,22H,14-17H2,1-5H3,(H,28,33). The minimum Gasteiger partial charge on any atom is -0.496 e. The molecule has 0 saturated carbocycles. The predicted molar refractivity (Wildman–Crippen MR) is 137 cm³/mol. The van der Waals surface area contributed by atoms with E-state index in [0.717, 1.165) is 11.1 Å². The Bertz CT molecular complexity index is 1080. The Morgan fingerprint density at radius 3 is 2.49 bits per heavy atom. The van der Waals surface area contributed by atoms with Gasteiger partial charge in [-0.25, -0.2) is 9.80 Å². The molecule has 1 atom stereocenters. The Balaban J connectivity index is 1.94. The number of benzene rings is 2. The molecule has 35 heavy (non-hydrogen) atoms. The van der Waals surface area contributed by atoms with Gasteiger partial charge in [0.1, 0.15) is 12.3 Å². The number of halogens is 1. The van der Waals surface area contributed by atoms with Gasteiger partial charge in [0.25, 0.3) is 5.91 Å². The van der Waals surface area contributed by atoms with Gasteiger partial charge < -0.3 is 19.7 Å². The first kappa shape index (κ1) is 26.5. The van der Waals surface area contributed by atoms with E-state index in [1.54, 1.807) is 20.3 Å². The third-order valence-electron chi connectivity index (χ3n) is 5.51. The minimum atomic E-state index is -0.450. The average molecular weight is 501 g/mol. The van der Waals surface area contributed by atoms with Crippen LogP contribution in [0, 0.1) is 0 Å². The van der Waals surface area contributed by atoms with Crippen molar-refractivity contribution in [3.63, 3.8) is 0 Å². The van der Waals surface area contributed by atoms with Crippen LogP contribution in [0.2, 0.25) is 5.02 Å². The molecule has 8 nitrogen and oxygen atoms in total. The van der Waals surface area contributed by atoms with Gasteiger partial charge in [0, 0.05) is 41.8 Å². The summed E-state index contributed by atoms with van der Waals surface area (Å²) in [7, 11) is 3.15. The summed E-state index contributed by atoms with van der Waals surface area (Å²) >= 11 is 6.44. The van der Waals surface area contributed by atoms with E-state index in [1.165, 1.54) is 9.91 Å². The van der Waals surface area contributed by atoms with E-state index in [1.807, 2.05) is 63.2 Å². The molecule has 2 aromatic rings. The number of nitrogens with zero attached hydrogens (tertiary/aromatic N) is 3. The molecular formula is C26H33ClN4O4. The van der Waals surface area contributed by atoms with E-state index in [0.29, 0.717) is 29.5 Å². The van der Waals surface area contributed by atoms with Crippen LogP contribution in [0.5, 0.6) is 5.75 Å². The first-order chi connectivity index (χ1) is 16.6. The molecule has 0 aromatic heterocycles. The minimum absolute atomic E-state index is 0.157. The fourth-order valence-electron chi connectivity index (χ4n) is 3.87. The summed E-state index contributed by atoms with van der Waals surface area (Å²) in [6, 6.07) is 14.2. The van der Waals surface area contributed by atoms with E-state index < -0.39 is 11.6 Å². The molecule has 3 rings (SSSR count). The van der Waals surface area contributed by atoms with Crippen molar-refractivity contribution in [2.24, 2.45) is 5.10 Å². The molecule has 0 fully saturated rings. The second-order valence-electron chi connectivity index (χ2n) is 9.32. The van der Waals surface area contributed by atoms with Gasteiger partial charge in [0.15, 0.2) is 0 Å². The molecule has 2 aromatic carbocycles. The van der Waals surface area contributed by atoms with E-state index >= 15 is 0 Å². The normalized spacial score (nSPS) is 15.5. The molecule has 0 spiro atoms. The lowest BCUT2D eigenvalue weighted by Crippen LogP contribution is -2.52. The Morgan fingerprint density at radius 2 is 1.83 bits per heavy atom. The largest absolute Gasteiger partial charge is 0.496 e. The number of hydrogen-bond acceptors (Lipinski definition) is 5. The van der Waals surface area contributed by atoms with E-state index in [-0.39, 0.29) is 25.0 Å². The van der Waals surface area contributed by atoms with Crippen LogP contribution in [0.4, 0.5) is 4.79 Å². The second-order valence-corrected chi connectivity index (χ2v) is 9.73. The van der Waals surface area contributed by atoms with Crippen LogP contribution in [-0.4, -0.2) is 67.0 Å². The highest BCUT2D eigenvalue weighted by molar-refractivity contribution is 6.34. The zero-order chi connectivity index (χ0) is 25.6. The van der Waals surface area contributed by atoms with Crippen LogP contribution < -0.4 is 10.1 Å². The van der Waals surface area contributed by atoms with Crippen molar-refractivity contribution >= 4 is 29.3 Å². The molecule has 1 N–H and O–H groups in total. The first-order valence-corrected chi connectivity index (χ1v) is 11.9. The van der Waals surface area contributed by atoms with Crippen molar-refractivity contribution in [1.82, 2.24) is 15.2 Å². The molecular weight excluding hydrogens is 468 g/mol. The molecule has 0 aliphatic carbocycles. The number of carbonyl (C=O) groups is 2. The van der Waals surface area contributed by atoms with Gasteiger partial charge in [-0.3, -0.25) is 4.79 Å². The summed E-state index contributed by atoms with van der Waals surface area (Å²) in [5.74, 6) is 0.343. The van der Waals surface area contributed by atoms with Crippen LogP contribution in [0.15, 0.2) is 53.6 Å². The lowest BCUT2D eigenvalue weighted by Gasteiger charge is -2.30. The second kappa shape index (κ2) is 11.6. The van der Waals surface area contributed by atoms with Crippen molar-refractivity contribution < 1.29 is 19.1 Å². The number of methoxy groups -OCH3 is 2. The molecule has 0 bridgehead atoms. The van der Waals surface area contributed by atoms with Crippen LogP contribution in [0.25, 0.3) is 0 Å². The number of hydrazone groups is 1. The monoisotopic (exact) mass is 500 g/mol. The number of hydrogen-bond donors (Lipinski definition) is 1. The Kier molecular flexibility index (Phi) is 8.75. The van der Waals surface area contributed by atoms with Gasteiger partial charge in [-0.2, -0.15) is 5.10 Å². The molecule has 9 heteroatoms. The zero-order valence-electron chi connectivity index (χ0n) is 20.9. The molecule has 0 saturated heterocycles. The molecule has 1 aliphatic rings. The third kappa shape index (κ3) is 6.74. The van der Waals surface area contributed by atoms with Crippen molar-refractivity contribution in [3.05, 3.63) is 64.7 Å². The number of nitrogens with one attached hydrogen (secondary N) is 1. The van der Waals surface area contributed by atoms with Crippen molar-refractivity contribution in [2.75, 3.05) is 33.9 Å². The van der Waals surface area contributed by atoms with Crippen molar-refractivity contribution in [2.45, 2.75) is 38.8 Å². The van der Waals surface area contributed by atoms with Gasteiger partial charge in [-0.1, -0.05) is 48.0 Å². The highest BCUT2D eigenvalue weighted by Crippen LogP contribution is 2.38. The smallest absolute Gasteiger partial charge is 0.318 e. The summed E-state index contributed by atoms with van der Waals surface area (Å²) < 4.78 is 10.7. The van der Waals surface area contributed by atoms with E-state index in [2.05, 4.69) is 5.32 Å². The summed E-state index contributed by atoms with van der Waals surface area (Å²) in [4.78, 5) is 28.0. The number of para-hydroxylation sites is 1. The van der Waals surface area contributed by atoms with Crippen LogP contribution >= 0.6 is 11.6 Å². The Hall–Kier alpha value is -3.10. The SMILES string of the molecule is COCCN(CC(=O)N1N=C(c2ccccc2Cl)CC1c1ccccc1OC)C(=O)NC(C)(C)C. The fraction of sp³-hybridized carbons (Fsp3) is 0.423. The van der Waals surface area contributed by atoms with E-state index in [9.17, 15) is 9.59 Å². The van der Waals surface area contributed by atoms with E-state index in [4.69, 9.17) is 26.2 Å². The topological polar surface area (TPSA) is 83.5 Å². The first-order valence-electron chi connectivity index (χ1n) is 11.5. The Labute approximate surface area is 211 Å². The summed E-state index contributed by atoms with van der Waals surface area (Å²) in [6.45, 7) is 6.07. The lowest BCUT2D eigenvalue weighted by atomic mass is 9.97. The lowest BCUT2D eigenvalue weighted by molar-refractivity contribution is -0.133. The number of urea groups is 1. The molecule has 1 unspecified atom stereocenters. The Morgan fingerprint density at radius 1 is 1.14 bits per heavy atom. The van der Waals surface area contributed by atoms with Gasteiger partial charge in [-0.15, -0.1) is 0 Å².